The first-order valence-corrected chi connectivity index (χ1v) is 8.25. The Morgan fingerprint density at radius 3 is 2.91 bits per heavy atom. The summed E-state index contributed by atoms with van der Waals surface area (Å²) in [5.74, 6) is 1.18. The second-order valence-electron chi connectivity index (χ2n) is 5.93. The Bertz CT molecular complexity index is 475. The van der Waals surface area contributed by atoms with Crippen LogP contribution in [-0.2, 0) is 0 Å². The summed E-state index contributed by atoms with van der Waals surface area (Å²) < 4.78 is 11.1. The van der Waals surface area contributed by atoms with E-state index in [1.54, 1.807) is 19.2 Å². The van der Waals surface area contributed by atoms with Gasteiger partial charge in [0.2, 0.25) is 0 Å². The van der Waals surface area contributed by atoms with Crippen LogP contribution in [0.2, 0.25) is 0 Å². The topological polar surface area (TPSA) is 38.8 Å². The molecule has 4 nitrogen and oxygen atoms in total. The fourth-order valence-electron chi connectivity index (χ4n) is 3.02. The van der Waals surface area contributed by atoms with Crippen LogP contribution in [0.3, 0.4) is 0 Å². The van der Waals surface area contributed by atoms with Crippen LogP contribution >= 0.6 is 0 Å². The van der Waals surface area contributed by atoms with E-state index in [2.05, 4.69) is 11.8 Å². The van der Waals surface area contributed by atoms with Crippen LogP contribution in [0.15, 0.2) is 18.2 Å². The normalized spacial score (nSPS) is 18.9. The van der Waals surface area contributed by atoms with Crippen LogP contribution in [0, 0.1) is 0 Å². The minimum Gasteiger partial charge on any atom is -0.493 e. The molecule has 1 aliphatic rings. The second-order valence-corrected chi connectivity index (χ2v) is 5.93. The fraction of sp³-hybridized carbons (Fsp3) is 0.611. The minimum atomic E-state index is 0.545. The van der Waals surface area contributed by atoms with Crippen molar-refractivity contribution in [3.63, 3.8) is 0 Å². The van der Waals surface area contributed by atoms with Gasteiger partial charge in [-0.25, -0.2) is 0 Å². The number of nitrogens with zero attached hydrogens (tertiary/aromatic N) is 1. The Morgan fingerprint density at radius 2 is 2.18 bits per heavy atom. The zero-order chi connectivity index (χ0) is 15.8. The van der Waals surface area contributed by atoms with E-state index in [0.717, 1.165) is 25.7 Å². The van der Waals surface area contributed by atoms with Gasteiger partial charge in [-0.1, -0.05) is 12.5 Å². The number of unbranched alkanes of at least 4 members (excludes halogenated alkanes) is 1. The molecule has 1 atom stereocenters. The number of para-hydroxylation sites is 1. The average molecular weight is 305 g/mol. The first-order valence-electron chi connectivity index (χ1n) is 8.25. The maximum Gasteiger partial charge on any atom is 0.171 e. The molecule has 1 saturated heterocycles. The van der Waals surface area contributed by atoms with Gasteiger partial charge in [-0.2, -0.15) is 0 Å². The lowest BCUT2D eigenvalue weighted by Crippen LogP contribution is -2.38. The molecule has 0 bridgehead atoms. The number of benzene rings is 1. The number of aldehydes is 1. The molecule has 1 aromatic carbocycles. The zero-order valence-corrected chi connectivity index (χ0v) is 13.7. The monoisotopic (exact) mass is 305 g/mol. The highest BCUT2D eigenvalue weighted by atomic mass is 16.5. The van der Waals surface area contributed by atoms with E-state index in [1.165, 1.54) is 25.8 Å². The molecule has 0 aliphatic carbocycles. The molecule has 0 N–H and O–H groups in total. The maximum atomic E-state index is 11.1. The maximum absolute atomic E-state index is 11.1. The van der Waals surface area contributed by atoms with Crippen LogP contribution < -0.4 is 9.47 Å². The lowest BCUT2D eigenvalue weighted by Gasteiger charge is -2.33. The van der Waals surface area contributed by atoms with Crippen molar-refractivity contribution in [3.8, 4) is 11.5 Å². The lowest BCUT2D eigenvalue weighted by molar-refractivity contribution is 0.111. The molecule has 2 rings (SSSR count). The van der Waals surface area contributed by atoms with Crippen LogP contribution in [0.5, 0.6) is 11.5 Å². The van der Waals surface area contributed by atoms with E-state index in [4.69, 9.17) is 9.47 Å². The van der Waals surface area contributed by atoms with Crippen LogP contribution in [-0.4, -0.2) is 44.0 Å². The van der Waals surface area contributed by atoms with Crippen molar-refractivity contribution in [1.29, 1.82) is 0 Å². The van der Waals surface area contributed by atoms with E-state index in [9.17, 15) is 4.79 Å². The van der Waals surface area contributed by atoms with E-state index in [-0.39, 0.29) is 0 Å². The van der Waals surface area contributed by atoms with Gasteiger partial charge >= 0.3 is 0 Å². The first kappa shape index (κ1) is 16.8. The largest absolute Gasteiger partial charge is 0.493 e. The van der Waals surface area contributed by atoms with E-state index in [0.29, 0.717) is 29.7 Å². The second kappa shape index (κ2) is 8.79. The fourth-order valence-corrected chi connectivity index (χ4v) is 3.02. The molecule has 0 spiro atoms. The van der Waals surface area contributed by atoms with Crippen molar-refractivity contribution in [1.82, 2.24) is 4.90 Å². The molecule has 122 valence electrons. The highest BCUT2D eigenvalue weighted by molar-refractivity contribution is 5.81. The van der Waals surface area contributed by atoms with Gasteiger partial charge in [-0.3, -0.25) is 4.79 Å². The van der Waals surface area contributed by atoms with Gasteiger partial charge in [0.1, 0.15) is 0 Å². The highest BCUT2D eigenvalue weighted by Gasteiger charge is 2.17. The van der Waals surface area contributed by atoms with Crippen LogP contribution in [0.25, 0.3) is 0 Å². The minimum absolute atomic E-state index is 0.545. The van der Waals surface area contributed by atoms with Crippen molar-refractivity contribution < 1.29 is 14.3 Å². The summed E-state index contributed by atoms with van der Waals surface area (Å²) in [5, 5.41) is 0. The van der Waals surface area contributed by atoms with Crippen molar-refractivity contribution in [2.75, 3.05) is 26.8 Å². The molecule has 0 amide bonds. The summed E-state index contributed by atoms with van der Waals surface area (Å²) >= 11 is 0. The molecule has 1 fully saturated rings. The van der Waals surface area contributed by atoms with Gasteiger partial charge in [-0.15, -0.1) is 0 Å². The highest BCUT2D eigenvalue weighted by Crippen LogP contribution is 2.30. The summed E-state index contributed by atoms with van der Waals surface area (Å²) in [5.41, 5.74) is 0.545. The third-order valence-corrected chi connectivity index (χ3v) is 4.38. The Hall–Kier alpha value is -1.55. The molecule has 0 saturated carbocycles. The van der Waals surface area contributed by atoms with Gasteiger partial charge < -0.3 is 14.4 Å². The summed E-state index contributed by atoms with van der Waals surface area (Å²) in [6, 6.07) is 6.08. The quantitative estimate of drug-likeness (QED) is 0.544. The average Bonchev–Trinajstić information content (AvgIpc) is 2.56. The lowest BCUT2D eigenvalue weighted by atomic mass is 10.0. The molecular weight excluding hydrogens is 278 g/mol. The molecule has 1 aliphatic heterocycles. The first-order chi connectivity index (χ1) is 10.8. The molecular formula is C18H27NO3. The SMILES string of the molecule is COc1cccc(C=O)c1OCCCCN1CCCCC1C. The van der Waals surface area contributed by atoms with Gasteiger partial charge in [0.15, 0.2) is 17.8 Å². The molecule has 4 heteroatoms. The predicted octanol–water partition coefficient (Wildman–Crippen LogP) is 3.54. The van der Waals surface area contributed by atoms with Crippen molar-refractivity contribution in [2.24, 2.45) is 0 Å². The number of rotatable bonds is 8. The number of hydrogen-bond donors (Lipinski definition) is 0. The molecule has 1 aromatic rings. The molecule has 0 aromatic heterocycles. The van der Waals surface area contributed by atoms with Gasteiger partial charge in [-0.05, 0) is 57.8 Å². The zero-order valence-electron chi connectivity index (χ0n) is 13.7. The third-order valence-electron chi connectivity index (χ3n) is 4.38. The number of hydrogen-bond acceptors (Lipinski definition) is 4. The molecule has 0 radical (unpaired) electrons. The Balaban J connectivity index is 1.76. The molecule has 22 heavy (non-hydrogen) atoms. The van der Waals surface area contributed by atoms with Gasteiger partial charge in [0.25, 0.3) is 0 Å². The number of piperidine rings is 1. The summed E-state index contributed by atoms with van der Waals surface area (Å²) in [7, 11) is 1.59. The summed E-state index contributed by atoms with van der Waals surface area (Å²) in [6.45, 7) is 5.30. The van der Waals surface area contributed by atoms with E-state index < -0.39 is 0 Å². The number of methoxy groups -OCH3 is 1. The van der Waals surface area contributed by atoms with Gasteiger partial charge in [0, 0.05) is 6.04 Å². The Kier molecular flexibility index (Phi) is 6.72. The predicted molar refractivity (Wildman–Crippen MR) is 88.0 cm³/mol. The molecule has 1 heterocycles. The van der Waals surface area contributed by atoms with E-state index in [1.807, 2.05) is 6.07 Å². The van der Waals surface area contributed by atoms with Crippen molar-refractivity contribution >= 4 is 6.29 Å². The Morgan fingerprint density at radius 1 is 1.32 bits per heavy atom. The van der Waals surface area contributed by atoms with Gasteiger partial charge in [0.05, 0.1) is 19.3 Å². The third kappa shape index (κ3) is 4.47. The van der Waals surface area contributed by atoms with Crippen LogP contribution in [0.4, 0.5) is 0 Å². The number of ether oxygens (including phenoxy) is 2. The standard InChI is InChI=1S/C18H27NO3/c1-15-8-3-4-11-19(15)12-5-6-13-22-18-16(14-20)9-7-10-17(18)21-2/h7,9-10,14-15H,3-6,8,11-13H2,1-2H3. The number of carbonyl (C=O) groups excluding carboxylic acids is 1. The number of likely N-dealkylation sites (tertiary alicyclic amines) is 1. The van der Waals surface area contributed by atoms with Crippen LogP contribution in [0.1, 0.15) is 49.4 Å². The number of carbonyl (C=O) groups is 1. The summed E-state index contributed by atoms with van der Waals surface area (Å²) in [6.07, 6.45) is 6.93. The smallest absolute Gasteiger partial charge is 0.171 e. The van der Waals surface area contributed by atoms with E-state index >= 15 is 0 Å². The van der Waals surface area contributed by atoms with Crippen molar-refractivity contribution in [2.45, 2.75) is 45.1 Å². The van der Waals surface area contributed by atoms with Crippen molar-refractivity contribution in [3.05, 3.63) is 23.8 Å². The molecule has 1 unspecified atom stereocenters. The Labute approximate surface area is 133 Å². The summed E-state index contributed by atoms with van der Waals surface area (Å²) in [4.78, 5) is 13.7.